The Bertz CT molecular complexity index is 614. The summed E-state index contributed by atoms with van der Waals surface area (Å²) in [6.07, 6.45) is 1.56. The van der Waals surface area contributed by atoms with E-state index in [1.165, 1.54) is 12.1 Å². The number of nitrogens with one attached hydrogen (secondary N) is 1. The Morgan fingerprint density at radius 1 is 1.40 bits per heavy atom. The van der Waals surface area contributed by atoms with Gasteiger partial charge in [0.05, 0.1) is 12.2 Å². The van der Waals surface area contributed by atoms with E-state index < -0.39 is 11.7 Å². The molecule has 0 spiro atoms. The van der Waals surface area contributed by atoms with Crippen molar-refractivity contribution >= 4 is 27.5 Å². The highest BCUT2D eigenvalue weighted by Gasteiger charge is 2.17. The topological polar surface area (TPSA) is 51.2 Å². The van der Waals surface area contributed by atoms with Gasteiger partial charge in [0, 0.05) is 10.7 Å². The van der Waals surface area contributed by atoms with Crippen molar-refractivity contribution in [2.45, 2.75) is 6.92 Å². The van der Waals surface area contributed by atoms with E-state index in [0.29, 0.717) is 22.6 Å². The fraction of sp³-hybridized carbons (Fsp3) is 0.143. The summed E-state index contributed by atoms with van der Waals surface area (Å²) in [6.45, 7) is 2.23. The molecule has 0 unspecified atom stereocenters. The summed E-state index contributed by atoms with van der Waals surface area (Å²) in [6, 6.07) is 7.65. The maximum Gasteiger partial charge on any atom is 0.259 e. The average molecular weight is 339 g/mol. The number of nitrogens with zero attached hydrogens (tertiary/aromatic N) is 1. The Kier molecular flexibility index (Phi) is 4.68. The van der Waals surface area contributed by atoms with Gasteiger partial charge in [-0.15, -0.1) is 0 Å². The van der Waals surface area contributed by atoms with Crippen LogP contribution in [0.5, 0.6) is 5.88 Å². The Balaban J connectivity index is 2.28. The molecule has 0 aliphatic rings. The van der Waals surface area contributed by atoms with Gasteiger partial charge in [0.1, 0.15) is 11.5 Å². The molecule has 2 rings (SSSR count). The number of ether oxygens (including phenoxy) is 1. The van der Waals surface area contributed by atoms with Crippen LogP contribution < -0.4 is 10.1 Å². The molecule has 0 fully saturated rings. The summed E-state index contributed by atoms with van der Waals surface area (Å²) in [7, 11) is 0. The van der Waals surface area contributed by atoms with Crippen LogP contribution in [0.3, 0.4) is 0 Å². The monoisotopic (exact) mass is 338 g/mol. The van der Waals surface area contributed by atoms with Crippen LogP contribution in [0.1, 0.15) is 17.3 Å². The number of carbonyl (C=O) groups is 1. The number of hydrogen-bond donors (Lipinski definition) is 1. The van der Waals surface area contributed by atoms with E-state index in [9.17, 15) is 9.18 Å². The standard InChI is InChI=1S/C14H12BrFN2O2/c1-2-20-14-11(7-4-8-17-14)18-13(19)12-9(15)5-3-6-10(12)16/h3-8H,2H2,1H3,(H,18,19). The highest BCUT2D eigenvalue weighted by Crippen LogP contribution is 2.24. The molecule has 1 heterocycles. The molecule has 1 aromatic carbocycles. The molecule has 2 aromatic rings. The van der Waals surface area contributed by atoms with E-state index >= 15 is 0 Å². The van der Waals surface area contributed by atoms with E-state index in [1.54, 1.807) is 24.4 Å². The number of amides is 1. The molecule has 4 nitrogen and oxygen atoms in total. The number of anilines is 1. The molecule has 6 heteroatoms. The summed E-state index contributed by atoms with van der Waals surface area (Å²) in [5, 5.41) is 2.60. The number of benzene rings is 1. The maximum absolute atomic E-state index is 13.7. The van der Waals surface area contributed by atoms with Crippen LogP contribution in [-0.2, 0) is 0 Å². The van der Waals surface area contributed by atoms with Crippen molar-refractivity contribution in [3.63, 3.8) is 0 Å². The van der Waals surface area contributed by atoms with Crippen molar-refractivity contribution in [2.24, 2.45) is 0 Å². The second-order valence-electron chi connectivity index (χ2n) is 3.84. The zero-order valence-electron chi connectivity index (χ0n) is 10.7. The minimum atomic E-state index is -0.598. The molecule has 0 atom stereocenters. The van der Waals surface area contributed by atoms with E-state index in [4.69, 9.17) is 4.74 Å². The quantitative estimate of drug-likeness (QED) is 0.925. The Labute approximate surface area is 124 Å². The van der Waals surface area contributed by atoms with Gasteiger partial charge in [-0.1, -0.05) is 6.07 Å². The van der Waals surface area contributed by atoms with Gasteiger partial charge in [-0.25, -0.2) is 9.37 Å². The number of carbonyl (C=O) groups excluding carboxylic acids is 1. The predicted molar refractivity (Wildman–Crippen MR) is 77.5 cm³/mol. The molecule has 1 aromatic heterocycles. The zero-order valence-corrected chi connectivity index (χ0v) is 12.3. The third-order valence-corrected chi connectivity index (χ3v) is 3.15. The fourth-order valence-electron chi connectivity index (χ4n) is 1.64. The van der Waals surface area contributed by atoms with Crippen LogP contribution in [0.25, 0.3) is 0 Å². The van der Waals surface area contributed by atoms with Crippen molar-refractivity contribution in [3.8, 4) is 5.88 Å². The third kappa shape index (κ3) is 3.14. The number of aromatic nitrogens is 1. The van der Waals surface area contributed by atoms with E-state index in [0.717, 1.165) is 0 Å². The van der Waals surface area contributed by atoms with Crippen LogP contribution >= 0.6 is 15.9 Å². The number of halogens is 2. The van der Waals surface area contributed by atoms with Crippen LogP contribution in [0.15, 0.2) is 41.0 Å². The predicted octanol–water partition coefficient (Wildman–Crippen LogP) is 3.63. The average Bonchev–Trinajstić information content (AvgIpc) is 2.41. The van der Waals surface area contributed by atoms with Gasteiger partial charge in [-0.2, -0.15) is 0 Å². The first-order chi connectivity index (χ1) is 9.63. The molecule has 0 saturated carbocycles. The van der Waals surface area contributed by atoms with Gasteiger partial charge >= 0.3 is 0 Å². The fourth-order valence-corrected chi connectivity index (χ4v) is 2.16. The molecule has 0 saturated heterocycles. The van der Waals surface area contributed by atoms with Gasteiger partial charge in [0.25, 0.3) is 5.91 Å². The van der Waals surface area contributed by atoms with Crippen LogP contribution in [0.2, 0.25) is 0 Å². The number of rotatable bonds is 4. The molecule has 1 N–H and O–H groups in total. The van der Waals surface area contributed by atoms with Crippen molar-refractivity contribution in [2.75, 3.05) is 11.9 Å². The molecule has 1 amide bonds. The van der Waals surface area contributed by atoms with Gasteiger partial charge in [-0.3, -0.25) is 4.79 Å². The Morgan fingerprint density at radius 2 is 2.20 bits per heavy atom. The lowest BCUT2D eigenvalue weighted by Gasteiger charge is -2.11. The second kappa shape index (κ2) is 6.47. The third-order valence-electron chi connectivity index (χ3n) is 2.49. The van der Waals surface area contributed by atoms with Crippen molar-refractivity contribution in [1.29, 1.82) is 0 Å². The highest BCUT2D eigenvalue weighted by molar-refractivity contribution is 9.10. The number of pyridine rings is 1. The van der Waals surface area contributed by atoms with Crippen LogP contribution in [0.4, 0.5) is 10.1 Å². The molecule has 0 aliphatic heterocycles. The summed E-state index contributed by atoms with van der Waals surface area (Å²) in [4.78, 5) is 16.2. The smallest absolute Gasteiger partial charge is 0.259 e. The Morgan fingerprint density at radius 3 is 2.90 bits per heavy atom. The van der Waals surface area contributed by atoms with Crippen molar-refractivity contribution in [1.82, 2.24) is 4.98 Å². The van der Waals surface area contributed by atoms with Crippen molar-refractivity contribution in [3.05, 3.63) is 52.4 Å². The normalized spacial score (nSPS) is 10.2. The summed E-state index contributed by atoms with van der Waals surface area (Å²) >= 11 is 3.16. The molecule has 0 radical (unpaired) electrons. The molecule has 0 bridgehead atoms. The second-order valence-corrected chi connectivity index (χ2v) is 4.69. The molecule has 0 aliphatic carbocycles. The van der Waals surface area contributed by atoms with Gasteiger partial charge in [0.2, 0.25) is 5.88 Å². The van der Waals surface area contributed by atoms with E-state index in [1.807, 2.05) is 6.92 Å². The summed E-state index contributed by atoms with van der Waals surface area (Å²) in [5.41, 5.74) is 0.341. The zero-order chi connectivity index (χ0) is 14.5. The molecule has 20 heavy (non-hydrogen) atoms. The first-order valence-corrected chi connectivity index (χ1v) is 6.76. The molecular formula is C14H12BrFN2O2. The summed E-state index contributed by atoms with van der Waals surface area (Å²) < 4.78 is 19.4. The molecule has 104 valence electrons. The lowest BCUT2D eigenvalue weighted by Crippen LogP contribution is -2.15. The minimum Gasteiger partial charge on any atom is -0.476 e. The van der Waals surface area contributed by atoms with Gasteiger partial charge in [0.15, 0.2) is 0 Å². The lowest BCUT2D eigenvalue weighted by atomic mass is 10.2. The van der Waals surface area contributed by atoms with E-state index in [-0.39, 0.29) is 5.56 Å². The lowest BCUT2D eigenvalue weighted by molar-refractivity contribution is 0.102. The van der Waals surface area contributed by atoms with Crippen molar-refractivity contribution < 1.29 is 13.9 Å². The highest BCUT2D eigenvalue weighted by atomic mass is 79.9. The molecular weight excluding hydrogens is 327 g/mol. The van der Waals surface area contributed by atoms with Gasteiger partial charge in [-0.05, 0) is 47.1 Å². The van der Waals surface area contributed by atoms with Crippen LogP contribution in [0, 0.1) is 5.82 Å². The maximum atomic E-state index is 13.7. The van der Waals surface area contributed by atoms with Crippen LogP contribution in [-0.4, -0.2) is 17.5 Å². The summed E-state index contributed by atoms with van der Waals surface area (Å²) in [5.74, 6) is -0.863. The Hall–Kier alpha value is -1.95. The largest absolute Gasteiger partial charge is 0.476 e. The first kappa shape index (κ1) is 14.5. The minimum absolute atomic E-state index is 0.0567. The first-order valence-electron chi connectivity index (χ1n) is 5.96. The SMILES string of the molecule is CCOc1ncccc1NC(=O)c1c(F)cccc1Br. The van der Waals surface area contributed by atoms with Gasteiger partial charge < -0.3 is 10.1 Å². The number of hydrogen-bond acceptors (Lipinski definition) is 3. The van der Waals surface area contributed by atoms with E-state index in [2.05, 4.69) is 26.2 Å².